The van der Waals surface area contributed by atoms with Crippen molar-refractivity contribution in [2.45, 2.75) is 30.7 Å². The van der Waals surface area contributed by atoms with Crippen LogP contribution in [0, 0.1) is 6.92 Å². The second kappa shape index (κ2) is 6.41. The molecule has 1 unspecified atom stereocenters. The van der Waals surface area contributed by atoms with E-state index < -0.39 is 10.0 Å². The summed E-state index contributed by atoms with van der Waals surface area (Å²) in [5, 5.41) is 0. The molecule has 1 atom stereocenters. The summed E-state index contributed by atoms with van der Waals surface area (Å²) in [7, 11) is -3.52. The molecule has 3 nitrogen and oxygen atoms in total. The first-order valence-corrected chi connectivity index (χ1v) is 8.43. The fourth-order valence-electron chi connectivity index (χ4n) is 2.42. The molecule has 0 spiro atoms. The van der Waals surface area contributed by atoms with Crippen molar-refractivity contribution < 1.29 is 8.42 Å². The zero-order chi connectivity index (χ0) is 15.5. The van der Waals surface area contributed by atoms with E-state index in [4.69, 9.17) is 0 Å². The van der Waals surface area contributed by atoms with E-state index in [0.717, 1.165) is 11.1 Å². The Morgan fingerprint density at radius 3 is 2.62 bits per heavy atom. The maximum atomic E-state index is 12.9. The lowest BCUT2D eigenvalue weighted by molar-refractivity contribution is 0.346. The van der Waals surface area contributed by atoms with Gasteiger partial charge in [0.15, 0.2) is 0 Å². The Kier molecular flexibility index (Phi) is 4.80. The van der Waals surface area contributed by atoms with Gasteiger partial charge in [0.25, 0.3) is 0 Å². The number of aryl methyl sites for hydroxylation is 1. The molecule has 0 aromatic heterocycles. The summed E-state index contributed by atoms with van der Waals surface area (Å²) in [5.74, 6) is 0. The molecule has 0 bridgehead atoms. The molecule has 0 fully saturated rings. The number of nitrogens with zero attached hydrogens (tertiary/aromatic N) is 1. The van der Waals surface area contributed by atoms with Crippen molar-refractivity contribution >= 4 is 10.0 Å². The molecule has 21 heavy (non-hydrogen) atoms. The Labute approximate surface area is 127 Å². The molecule has 0 radical (unpaired) electrons. The van der Waals surface area contributed by atoms with E-state index in [1.54, 1.807) is 22.5 Å². The summed E-state index contributed by atoms with van der Waals surface area (Å²) in [5.41, 5.74) is 1.84. The standard InChI is InChI=1S/C17H21NO2S/c1-4-6-16-8-5-7-15(3)13-18(16)21(19,20)17-11-9-14(2)10-12-17/h4-5,7,9-12,16H,1,3,6,8,13H2,2H3. The van der Waals surface area contributed by atoms with Crippen LogP contribution in [0.2, 0.25) is 0 Å². The Morgan fingerprint density at radius 2 is 2.00 bits per heavy atom. The minimum Gasteiger partial charge on any atom is -0.207 e. The van der Waals surface area contributed by atoms with Gasteiger partial charge in [0, 0.05) is 12.6 Å². The van der Waals surface area contributed by atoms with Gasteiger partial charge in [0.05, 0.1) is 4.90 Å². The van der Waals surface area contributed by atoms with E-state index in [-0.39, 0.29) is 6.04 Å². The predicted molar refractivity (Wildman–Crippen MR) is 86.6 cm³/mol. The maximum absolute atomic E-state index is 12.9. The second-order valence-electron chi connectivity index (χ2n) is 5.34. The largest absolute Gasteiger partial charge is 0.243 e. The van der Waals surface area contributed by atoms with Crippen molar-refractivity contribution in [1.29, 1.82) is 0 Å². The number of hydrogen-bond acceptors (Lipinski definition) is 2. The summed E-state index contributed by atoms with van der Waals surface area (Å²) in [6, 6.07) is 6.86. The van der Waals surface area contributed by atoms with E-state index in [0.29, 0.717) is 24.3 Å². The molecule has 1 aliphatic heterocycles. The summed E-state index contributed by atoms with van der Waals surface area (Å²) in [6.45, 7) is 9.92. The van der Waals surface area contributed by atoms with E-state index in [2.05, 4.69) is 13.2 Å². The van der Waals surface area contributed by atoms with Crippen LogP contribution in [0.4, 0.5) is 0 Å². The third-order valence-corrected chi connectivity index (χ3v) is 5.51. The van der Waals surface area contributed by atoms with Crippen molar-refractivity contribution in [3.63, 3.8) is 0 Å². The molecule has 1 aliphatic rings. The highest BCUT2D eigenvalue weighted by Gasteiger charge is 2.31. The Balaban J connectivity index is 2.40. The first kappa shape index (κ1) is 15.7. The number of hydrogen-bond donors (Lipinski definition) is 0. The third kappa shape index (κ3) is 3.52. The van der Waals surface area contributed by atoms with E-state index in [1.807, 2.05) is 31.2 Å². The van der Waals surface area contributed by atoms with E-state index in [1.165, 1.54) is 0 Å². The third-order valence-electron chi connectivity index (χ3n) is 3.59. The maximum Gasteiger partial charge on any atom is 0.243 e. The van der Waals surface area contributed by atoms with Crippen molar-refractivity contribution in [3.05, 3.63) is 66.8 Å². The fraction of sp³-hybridized carbons (Fsp3) is 0.294. The van der Waals surface area contributed by atoms with Crippen LogP contribution >= 0.6 is 0 Å². The second-order valence-corrected chi connectivity index (χ2v) is 7.23. The lowest BCUT2D eigenvalue weighted by Gasteiger charge is -2.28. The summed E-state index contributed by atoms with van der Waals surface area (Å²) in [6.07, 6.45) is 6.96. The summed E-state index contributed by atoms with van der Waals surface area (Å²) in [4.78, 5) is 0.330. The van der Waals surface area contributed by atoms with Crippen molar-refractivity contribution in [3.8, 4) is 0 Å². The molecule has 4 heteroatoms. The zero-order valence-electron chi connectivity index (χ0n) is 12.3. The number of benzene rings is 1. The highest BCUT2D eigenvalue weighted by molar-refractivity contribution is 7.89. The van der Waals surface area contributed by atoms with Gasteiger partial charge >= 0.3 is 0 Å². The highest BCUT2D eigenvalue weighted by atomic mass is 32.2. The quantitative estimate of drug-likeness (QED) is 0.799. The minimum atomic E-state index is -3.52. The number of sulfonamides is 1. The van der Waals surface area contributed by atoms with Gasteiger partial charge in [-0.1, -0.05) is 42.5 Å². The average Bonchev–Trinajstić information content (AvgIpc) is 2.62. The van der Waals surface area contributed by atoms with Gasteiger partial charge in [-0.15, -0.1) is 6.58 Å². The Bertz CT molecular complexity index is 657. The van der Waals surface area contributed by atoms with Crippen LogP contribution in [0.15, 0.2) is 66.1 Å². The summed E-state index contributed by atoms with van der Waals surface area (Å²) >= 11 is 0. The topological polar surface area (TPSA) is 37.4 Å². The molecule has 1 heterocycles. The van der Waals surface area contributed by atoms with E-state index >= 15 is 0 Å². The Hall–Kier alpha value is -1.65. The summed E-state index contributed by atoms with van der Waals surface area (Å²) < 4.78 is 27.4. The average molecular weight is 303 g/mol. The smallest absolute Gasteiger partial charge is 0.207 e. The van der Waals surface area contributed by atoms with Crippen molar-refractivity contribution in [1.82, 2.24) is 4.31 Å². The molecule has 0 saturated heterocycles. The van der Waals surface area contributed by atoms with Crippen LogP contribution < -0.4 is 0 Å². The van der Waals surface area contributed by atoms with E-state index in [9.17, 15) is 8.42 Å². The normalized spacial score (nSPS) is 20.2. The van der Waals surface area contributed by atoms with Crippen LogP contribution in [0.3, 0.4) is 0 Å². The van der Waals surface area contributed by atoms with Crippen LogP contribution in [0.25, 0.3) is 0 Å². The lowest BCUT2D eigenvalue weighted by Crippen LogP contribution is -2.40. The highest BCUT2D eigenvalue weighted by Crippen LogP contribution is 2.25. The van der Waals surface area contributed by atoms with Crippen LogP contribution in [-0.4, -0.2) is 25.3 Å². The van der Waals surface area contributed by atoms with Crippen LogP contribution in [0.5, 0.6) is 0 Å². The molecule has 2 rings (SSSR count). The molecule has 112 valence electrons. The molecule has 0 aliphatic carbocycles. The Morgan fingerprint density at radius 1 is 1.33 bits per heavy atom. The lowest BCUT2D eigenvalue weighted by atomic mass is 10.1. The van der Waals surface area contributed by atoms with Crippen molar-refractivity contribution in [2.24, 2.45) is 0 Å². The van der Waals surface area contributed by atoms with Gasteiger partial charge in [-0.25, -0.2) is 8.42 Å². The monoisotopic (exact) mass is 303 g/mol. The molecular formula is C17H21NO2S. The van der Waals surface area contributed by atoms with Gasteiger partial charge < -0.3 is 0 Å². The molecule has 0 amide bonds. The zero-order valence-corrected chi connectivity index (χ0v) is 13.1. The molecule has 0 N–H and O–H groups in total. The van der Waals surface area contributed by atoms with Gasteiger partial charge in [-0.2, -0.15) is 4.31 Å². The molecular weight excluding hydrogens is 282 g/mol. The van der Waals surface area contributed by atoms with Gasteiger partial charge in [-0.05, 0) is 37.5 Å². The SMILES string of the molecule is C=CCC1CC=CC(=C)CN1S(=O)(=O)c1ccc(C)cc1. The molecule has 1 aromatic carbocycles. The van der Waals surface area contributed by atoms with Crippen LogP contribution in [0.1, 0.15) is 18.4 Å². The molecule has 1 aromatic rings. The van der Waals surface area contributed by atoms with Gasteiger partial charge in [-0.3, -0.25) is 0 Å². The van der Waals surface area contributed by atoms with Crippen LogP contribution in [-0.2, 0) is 10.0 Å². The minimum absolute atomic E-state index is 0.107. The van der Waals surface area contributed by atoms with Gasteiger partial charge in [0.2, 0.25) is 10.0 Å². The molecule has 0 saturated carbocycles. The first-order chi connectivity index (χ1) is 9.95. The van der Waals surface area contributed by atoms with Gasteiger partial charge in [0.1, 0.15) is 0 Å². The number of rotatable bonds is 4. The fourth-order valence-corrected chi connectivity index (χ4v) is 4.08. The predicted octanol–water partition coefficient (Wildman–Crippen LogP) is 3.45. The first-order valence-electron chi connectivity index (χ1n) is 6.99. The van der Waals surface area contributed by atoms with Crippen molar-refractivity contribution in [2.75, 3.05) is 6.54 Å².